The Morgan fingerprint density at radius 3 is 3.00 bits per heavy atom. The number of carbonyl (C=O) groups excluding carboxylic acids is 1. The number of H-pyrrole nitrogens is 1. The third kappa shape index (κ3) is 1.90. The molecular formula is C15H13N5O2. The number of nitrogens with zero attached hydrogens (tertiary/aromatic N) is 3. The van der Waals surface area contributed by atoms with Crippen LogP contribution in [0.3, 0.4) is 0 Å². The molecule has 2 N–H and O–H groups in total. The van der Waals surface area contributed by atoms with Crippen LogP contribution in [-0.2, 0) is 4.79 Å². The summed E-state index contributed by atoms with van der Waals surface area (Å²) in [5, 5.41) is 10.0. The number of allylic oxidation sites excluding steroid dienone is 4. The van der Waals surface area contributed by atoms with Crippen LogP contribution in [0.25, 0.3) is 5.57 Å². The van der Waals surface area contributed by atoms with E-state index in [2.05, 4.69) is 25.5 Å². The van der Waals surface area contributed by atoms with E-state index in [1.165, 1.54) is 7.11 Å². The molecule has 0 saturated heterocycles. The average Bonchev–Trinajstić information content (AvgIpc) is 2.88. The maximum Gasteiger partial charge on any atom is 0.316 e. The summed E-state index contributed by atoms with van der Waals surface area (Å²) in [6, 6.07) is 2.09. The van der Waals surface area contributed by atoms with Gasteiger partial charge in [0.2, 0.25) is 5.91 Å². The summed E-state index contributed by atoms with van der Waals surface area (Å²) >= 11 is 0. The quantitative estimate of drug-likeness (QED) is 0.898. The standard InChI is InChI=1S/C15H13N5O2/c1-22-15-16-6-5-10(17-15)9-7-11(21)18-14-12(9)13(19-20-14)8-3-2-4-8/h2-6,9H,7H2,1H3,(H2,18,19,20,21). The minimum atomic E-state index is -0.177. The maximum absolute atomic E-state index is 12.0. The molecule has 0 saturated carbocycles. The first-order valence-corrected chi connectivity index (χ1v) is 6.90. The fourth-order valence-corrected chi connectivity index (χ4v) is 2.73. The van der Waals surface area contributed by atoms with Crippen LogP contribution in [0.15, 0.2) is 30.5 Å². The molecule has 7 nitrogen and oxygen atoms in total. The van der Waals surface area contributed by atoms with Crippen molar-refractivity contribution in [3.05, 3.63) is 47.4 Å². The topological polar surface area (TPSA) is 92.8 Å². The minimum absolute atomic E-state index is 0.0775. The molecule has 0 fully saturated rings. The number of nitrogens with one attached hydrogen (secondary N) is 2. The zero-order chi connectivity index (χ0) is 15.1. The molecule has 0 aromatic carbocycles. The number of anilines is 1. The molecular weight excluding hydrogens is 282 g/mol. The van der Waals surface area contributed by atoms with Crippen LogP contribution in [-0.4, -0.2) is 33.2 Å². The van der Waals surface area contributed by atoms with Crippen molar-refractivity contribution in [1.29, 1.82) is 0 Å². The van der Waals surface area contributed by atoms with Crippen LogP contribution >= 0.6 is 0 Å². The molecule has 22 heavy (non-hydrogen) atoms. The van der Waals surface area contributed by atoms with E-state index in [9.17, 15) is 4.79 Å². The second-order valence-electron chi connectivity index (χ2n) is 5.12. The molecule has 1 amide bonds. The van der Waals surface area contributed by atoms with E-state index < -0.39 is 0 Å². The Morgan fingerprint density at radius 2 is 2.27 bits per heavy atom. The number of aromatic nitrogens is 4. The lowest BCUT2D eigenvalue weighted by molar-refractivity contribution is -0.116. The van der Waals surface area contributed by atoms with Crippen molar-refractivity contribution in [1.82, 2.24) is 20.2 Å². The van der Waals surface area contributed by atoms with E-state index in [0.717, 1.165) is 22.5 Å². The van der Waals surface area contributed by atoms with Gasteiger partial charge in [0.1, 0.15) is 0 Å². The smallest absolute Gasteiger partial charge is 0.316 e. The van der Waals surface area contributed by atoms with Crippen molar-refractivity contribution < 1.29 is 9.53 Å². The lowest BCUT2D eigenvalue weighted by Crippen LogP contribution is -2.24. The molecule has 1 aliphatic carbocycles. The van der Waals surface area contributed by atoms with Crippen molar-refractivity contribution in [3.8, 4) is 6.01 Å². The summed E-state index contributed by atoms with van der Waals surface area (Å²) in [6.45, 7) is 0. The maximum atomic E-state index is 12.0. The average molecular weight is 295 g/mol. The summed E-state index contributed by atoms with van der Waals surface area (Å²) in [6.07, 6.45) is 7.92. The van der Waals surface area contributed by atoms with Crippen LogP contribution in [0.1, 0.15) is 29.3 Å². The number of rotatable bonds is 3. The minimum Gasteiger partial charge on any atom is -0.467 e. The monoisotopic (exact) mass is 295 g/mol. The molecule has 1 atom stereocenters. The summed E-state index contributed by atoms with van der Waals surface area (Å²) in [5.74, 6) is 0.311. The largest absolute Gasteiger partial charge is 0.467 e. The van der Waals surface area contributed by atoms with E-state index >= 15 is 0 Å². The Morgan fingerprint density at radius 1 is 1.41 bits per heavy atom. The molecule has 0 radical (unpaired) electrons. The third-order valence-electron chi connectivity index (χ3n) is 3.83. The van der Waals surface area contributed by atoms with E-state index in [4.69, 9.17) is 4.74 Å². The Hall–Kier alpha value is -2.96. The fourth-order valence-electron chi connectivity index (χ4n) is 2.73. The van der Waals surface area contributed by atoms with Gasteiger partial charge in [0.25, 0.3) is 0 Å². The third-order valence-corrected chi connectivity index (χ3v) is 3.83. The highest BCUT2D eigenvalue weighted by molar-refractivity contribution is 5.96. The zero-order valence-electron chi connectivity index (χ0n) is 11.8. The number of carbonyl (C=O) groups is 1. The second kappa shape index (κ2) is 4.80. The predicted octanol–water partition coefficient (Wildman–Crippen LogP) is 1.64. The summed E-state index contributed by atoms with van der Waals surface area (Å²) < 4.78 is 5.08. The van der Waals surface area contributed by atoms with Gasteiger partial charge in [0, 0.05) is 24.1 Å². The van der Waals surface area contributed by atoms with Gasteiger partial charge in [0.05, 0.1) is 18.5 Å². The highest BCUT2D eigenvalue weighted by Crippen LogP contribution is 2.40. The molecule has 0 bridgehead atoms. The van der Waals surface area contributed by atoms with Gasteiger partial charge in [-0.2, -0.15) is 10.1 Å². The van der Waals surface area contributed by atoms with Crippen molar-refractivity contribution >= 4 is 17.3 Å². The first kappa shape index (κ1) is 12.8. The number of methoxy groups -OCH3 is 1. The lowest BCUT2D eigenvalue weighted by Gasteiger charge is -2.23. The Bertz CT molecular complexity index is 821. The van der Waals surface area contributed by atoms with Gasteiger partial charge in [-0.15, -0.1) is 0 Å². The van der Waals surface area contributed by atoms with Crippen molar-refractivity contribution in [2.24, 2.45) is 0 Å². The van der Waals surface area contributed by atoms with Crippen molar-refractivity contribution in [3.63, 3.8) is 0 Å². The normalized spacial score (nSPS) is 19.0. The van der Waals surface area contributed by atoms with Gasteiger partial charge >= 0.3 is 6.01 Å². The second-order valence-corrected chi connectivity index (χ2v) is 5.12. The van der Waals surface area contributed by atoms with Crippen molar-refractivity contribution in [2.45, 2.75) is 12.3 Å². The van der Waals surface area contributed by atoms with E-state index in [0.29, 0.717) is 12.2 Å². The molecule has 0 spiro atoms. The van der Waals surface area contributed by atoms with Gasteiger partial charge < -0.3 is 10.1 Å². The SMILES string of the molecule is COc1nccc(C2CC(=O)Nc3n[nH]c(C4=CC=C4)c32)n1. The Balaban J connectivity index is 1.83. The van der Waals surface area contributed by atoms with Crippen LogP contribution in [0.2, 0.25) is 0 Å². The van der Waals surface area contributed by atoms with Crippen molar-refractivity contribution in [2.75, 3.05) is 12.4 Å². The predicted molar refractivity (Wildman–Crippen MR) is 79.4 cm³/mol. The molecule has 1 aliphatic heterocycles. The van der Waals surface area contributed by atoms with Crippen LogP contribution in [0.5, 0.6) is 6.01 Å². The molecule has 2 aliphatic rings. The van der Waals surface area contributed by atoms with Crippen LogP contribution in [0, 0.1) is 0 Å². The number of amides is 1. The summed E-state index contributed by atoms with van der Waals surface area (Å²) in [7, 11) is 1.52. The molecule has 1 unspecified atom stereocenters. The van der Waals surface area contributed by atoms with E-state index in [-0.39, 0.29) is 17.8 Å². The van der Waals surface area contributed by atoms with Gasteiger partial charge in [-0.05, 0) is 11.6 Å². The van der Waals surface area contributed by atoms with E-state index in [1.807, 2.05) is 18.2 Å². The van der Waals surface area contributed by atoms with Gasteiger partial charge in [0.15, 0.2) is 5.82 Å². The Kier molecular flexibility index (Phi) is 2.78. The zero-order valence-corrected chi connectivity index (χ0v) is 11.8. The molecule has 4 rings (SSSR count). The molecule has 3 heterocycles. The number of aromatic amines is 1. The lowest BCUT2D eigenvalue weighted by atomic mass is 9.86. The molecule has 7 heteroatoms. The van der Waals surface area contributed by atoms with Gasteiger partial charge in [-0.25, -0.2) is 4.98 Å². The fraction of sp³-hybridized carbons (Fsp3) is 0.200. The summed E-state index contributed by atoms with van der Waals surface area (Å²) in [4.78, 5) is 20.4. The first-order valence-electron chi connectivity index (χ1n) is 6.90. The highest BCUT2D eigenvalue weighted by Gasteiger charge is 2.33. The summed E-state index contributed by atoms with van der Waals surface area (Å²) in [5.41, 5.74) is 3.68. The molecule has 2 aromatic heterocycles. The molecule has 2 aromatic rings. The van der Waals surface area contributed by atoms with Crippen LogP contribution in [0.4, 0.5) is 5.82 Å². The van der Waals surface area contributed by atoms with E-state index in [1.54, 1.807) is 12.3 Å². The van der Waals surface area contributed by atoms with Crippen LogP contribution < -0.4 is 10.1 Å². The number of fused-ring (bicyclic) bond motifs is 1. The first-order chi connectivity index (χ1) is 10.8. The molecule has 110 valence electrons. The number of ether oxygens (including phenoxy) is 1. The Labute approximate surface area is 126 Å². The van der Waals surface area contributed by atoms with Gasteiger partial charge in [-0.3, -0.25) is 9.89 Å². The highest BCUT2D eigenvalue weighted by atomic mass is 16.5. The number of hydrogen-bond donors (Lipinski definition) is 2. The van der Waals surface area contributed by atoms with Gasteiger partial charge in [-0.1, -0.05) is 18.2 Å². The number of hydrogen-bond acceptors (Lipinski definition) is 5.